The van der Waals surface area contributed by atoms with Crippen molar-refractivity contribution in [2.24, 2.45) is 0 Å². The highest BCUT2D eigenvalue weighted by molar-refractivity contribution is 6.31. The van der Waals surface area contributed by atoms with Crippen molar-refractivity contribution in [2.75, 3.05) is 5.32 Å². The normalized spacial score (nSPS) is 10.4. The summed E-state index contributed by atoms with van der Waals surface area (Å²) in [4.78, 5) is 10.5. The maximum absolute atomic E-state index is 12.6. The third kappa shape index (κ3) is 2.63. The van der Waals surface area contributed by atoms with Gasteiger partial charge >= 0.3 is 6.43 Å². The molecule has 0 radical (unpaired) electrons. The molecule has 0 aliphatic rings. The van der Waals surface area contributed by atoms with Crippen molar-refractivity contribution in [2.45, 2.75) is 6.43 Å². The Morgan fingerprint density at radius 2 is 2.07 bits per heavy atom. The number of amides is 1. The predicted molar refractivity (Wildman–Crippen MR) is 46.0 cm³/mol. The third-order valence-corrected chi connectivity index (χ3v) is 1.67. The highest BCUT2D eigenvalue weighted by Crippen LogP contribution is 2.19. The molecule has 0 aliphatic heterocycles. The molecule has 1 amide bonds. The number of carbonyl (C=O) groups is 1. The summed E-state index contributed by atoms with van der Waals surface area (Å²) < 4.78 is 36.2. The molecule has 1 aromatic carbocycles. The number of anilines is 1. The van der Waals surface area contributed by atoms with Gasteiger partial charge in [0.25, 0.3) is 5.91 Å². The Labute approximate surface area is 82.7 Å². The van der Waals surface area contributed by atoms with Crippen LogP contribution in [0.5, 0.6) is 0 Å². The fourth-order valence-corrected chi connectivity index (χ4v) is 0.951. The maximum atomic E-state index is 12.6. The van der Waals surface area contributed by atoms with Gasteiger partial charge in [0.05, 0.1) is 5.02 Å². The lowest BCUT2D eigenvalue weighted by Gasteiger charge is -2.04. The molecule has 2 nitrogen and oxygen atoms in total. The zero-order chi connectivity index (χ0) is 10.7. The van der Waals surface area contributed by atoms with E-state index in [1.807, 2.05) is 5.32 Å². The molecule has 76 valence electrons. The Morgan fingerprint density at radius 1 is 1.43 bits per heavy atom. The van der Waals surface area contributed by atoms with Crippen molar-refractivity contribution < 1.29 is 18.0 Å². The summed E-state index contributed by atoms with van der Waals surface area (Å²) >= 11 is 5.36. The molecule has 14 heavy (non-hydrogen) atoms. The molecule has 1 aromatic rings. The van der Waals surface area contributed by atoms with E-state index in [1.54, 1.807) is 0 Å². The molecule has 0 aliphatic carbocycles. The van der Waals surface area contributed by atoms with Crippen LogP contribution in [0.25, 0.3) is 0 Å². The van der Waals surface area contributed by atoms with E-state index in [0.717, 1.165) is 18.2 Å². The number of rotatable bonds is 2. The average Bonchev–Trinajstić information content (AvgIpc) is 2.11. The lowest BCUT2D eigenvalue weighted by molar-refractivity contribution is -0.126. The number of carbonyl (C=O) groups excluding carboxylic acids is 1. The van der Waals surface area contributed by atoms with E-state index in [1.165, 1.54) is 0 Å². The van der Waals surface area contributed by atoms with Crippen molar-refractivity contribution in [3.05, 3.63) is 29.0 Å². The number of alkyl halides is 2. The van der Waals surface area contributed by atoms with Crippen LogP contribution in [0.15, 0.2) is 18.2 Å². The zero-order valence-corrected chi connectivity index (χ0v) is 7.49. The van der Waals surface area contributed by atoms with Crippen LogP contribution in [0, 0.1) is 5.82 Å². The highest BCUT2D eigenvalue weighted by atomic mass is 35.5. The molecule has 0 spiro atoms. The van der Waals surface area contributed by atoms with Crippen LogP contribution < -0.4 is 5.32 Å². The second-order valence-corrected chi connectivity index (χ2v) is 2.83. The van der Waals surface area contributed by atoms with Crippen LogP contribution in [0.1, 0.15) is 0 Å². The Morgan fingerprint density at radius 3 is 2.57 bits per heavy atom. The third-order valence-electron chi connectivity index (χ3n) is 1.39. The highest BCUT2D eigenvalue weighted by Gasteiger charge is 2.15. The summed E-state index contributed by atoms with van der Waals surface area (Å²) in [7, 11) is 0. The Bertz CT molecular complexity index is 356. The van der Waals surface area contributed by atoms with Gasteiger partial charge in [0.15, 0.2) is 0 Å². The number of halogens is 4. The van der Waals surface area contributed by atoms with Crippen LogP contribution >= 0.6 is 11.6 Å². The van der Waals surface area contributed by atoms with Crippen LogP contribution in [-0.2, 0) is 4.79 Å². The van der Waals surface area contributed by atoms with E-state index in [-0.39, 0.29) is 10.7 Å². The van der Waals surface area contributed by atoms with Gasteiger partial charge in [0, 0.05) is 5.69 Å². The molecule has 0 aromatic heterocycles. The molecule has 6 heteroatoms. The molecule has 1 N–H and O–H groups in total. The smallest absolute Gasteiger partial charge is 0.315 e. The molecule has 0 bridgehead atoms. The second-order valence-electron chi connectivity index (χ2n) is 2.42. The summed E-state index contributed by atoms with van der Waals surface area (Å²) in [6.45, 7) is 0. The minimum atomic E-state index is -3.11. The summed E-state index contributed by atoms with van der Waals surface area (Å²) in [5.74, 6) is -2.13. The lowest BCUT2D eigenvalue weighted by atomic mass is 10.3. The first-order chi connectivity index (χ1) is 6.50. The van der Waals surface area contributed by atoms with Crippen molar-refractivity contribution in [3.8, 4) is 0 Å². The van der Waals surface area contributed by atoms with E-state index >= 15 is 0 Å². The lowest BCUT2D eigenvalue weighted by Crippen LogP contribution is -2.19. The summed E-state index contributed by atoms with van der Waals surface area (Å²) in [5, 5.41) is 1.63. The molecule has 0 atom stereocenters. The molecule has 0 saturated carbocycles. The van der Waals surface area contributed by atoms with E-state index in [9.17, 15) is 18.0 Å². The number of benzene rings is 1. The first-order valence-electron chi connectivity index (χ1n) is 3.55. The first kappa shape index (κ1) is 10.8. The molecule has 0 unspecified atom stereocenters. The van der Waals surface area contributed by atoms with Crippen molar-refractivity contribution in [1.29, 1.82) is 0 Å². The average molecular weight is 224 g/mol. The van der Waals surface area contributed by atoms with Crippen LogP contribution in [0.4, 0.5) is 18.9 Å². The van der Waals surface area contributed by atoms with E-state index in [2.05, 4.69) is 0 Å². The molecule has 1 rings (SSSR count). The summed E-state index contributed by atoms with van der Waals surface area (Å²) in [6.07, 6.45) is -3.11. The second kappa shape index (κ2) is 4.32. The largest absolute Gasteiger partial charge is 0.321 e. The van der Waals surface area contributed by atoms with Crippen molar-refractivity contribution in [1.82, 2.24) is 0 Å². The monoisotopic (exact) mass is 223 g/mol. The summed E-state index contributed by atoms with van der Waals surface area (Å²) in [6, 6.07) is 3.17. The molecule has 0 fully saturated rings. The number of hydrogen-bond acceptors (Lipinski definition) is 1. The Hall–Kier alpha value is -1.23. The first-order valence-corrected chi connectivity index (χ1v) is 3.92. The predicted octanol–water partition coefficient (Wildman–Crippen LogP) is 2.68. The standard InChI is InChI=1S/C8H5ClF3NO/c9-5-3-4(1-2-6(5)10)13-8(14)7(11)12/h1-3,7H,(H,13,14). The van der Waals surface area contributed by atoms with Gasteiger partial charge in [-0.15, -0.1) is 0 Å². The van der Waals surface area contributed by atoms with E-state index < -0.39 is 18.1 Å². The Balaban J connectivity index is 2.78. The van der Waals surface area contributed by atoms with Gasteiger partial charge in [-0.1, -0.05) is 11.6 Å². The summed E-state index contributed by atoms with van der Waals surface area (Å²) in [5.41, 5.74) is 0.0294. The van der Waals surface area contributed by atoms with Gasteiger partial charge in [0.2, 0.25) is 0 Å². The van der Waals surface area contributed by atoms with Crippen molar-refractivity contribution in [3.63, 3.8) is 0 Å². The van der Waals surface area contributed by atoms with Gasteiger partial charge in [-0.25, -0.2) is 4.39 Å². The van der Waals surface area contributed by atoms with Crippen LogP contribution in [0.3, 0.4) is 0 Å². The minimum absolute atomic E-state index is 0.0294. The van der Waals surface area contributed by atoms with Gasteiger partial charge in [-0.05, 0) is 18.2 Å². The minimum Gasteiger partial charge on any atom is -0.321 e. The SMILES string of the molecule is O=C(Nc1ccc(F)c(Cl)c1)C(F)F. The fraction of sp³-hybridized carbons (Fsp3) is 0.125. The van der Waals surface area contributed by atoms with Crippen molar-refractivity contribution >= 4 is 23.2 Å². The molecular weight excluding hydrogens is 219 g/mol. The molecule has 0 heterocycles. The molecular formula is C8H5ClF3NO. The van der Waals surface area contributed by atoms with E-state index in [0.29, 0.717) is 0 Å². The van der Waals surface area contributed by atoms with Crippen LogP contribution in [-0.4, -0.2) is 12.3 Å². The number of hydrogen-bond donors (Lipinski definition) is 1. The fourth-order valence-electron chi connectivity index (χ4n) is 0.771. The zero-order valence-electron chi connectivity index (χ0n) is 6.73. The van der Waals surface area contributed by atoms with Crippen LogP contribution in [0.2, 0.25) is 5.02 Å². The van der Waals surface area contributed by atoms with E-state index in [4.69, 9.17) is 11.6 Å². The topological polar surface area (TPSA) is 29.1 Å². The van der Waals surface area contributed by atoms with Gasteiger partial charge < -0.3 is 5.32 Å². The Kier molecular flexibility index (Phi) is 3.35. The molecule has 0 saturated heterocycles. The quantitative estimate of drug-likeness (QED) is 0.821. The van der Waals surface area contributed by atoms with Gasteiger partial charge in [0.1, 0.15) is 5.82 Å². The maximum Gasteiger partial charge on any atom is 0.315 e. The number of nitrogens with one attached hydrogen (secondary N) is 1. The van der Waals surface area contributed by atoms with Gasteiger partial charge in [-0.3, -0.25) is 4.79 Å². The van der Waals surface area contributed by atoms with Gasteiger partial charge in [-0.2, -0.15) is 8.78 Å².